The molecule has 6 nitrogen and oxygen atoms in total. The van der Waals surface area contributed by atoms with Crippen molar-refractivity contribution in [2.24, 2.45) is 0 Å². The van der Waals surface area contributed by atoms with Crippen molar-refractivity contribution in [1.29, 1.82) is 0 Å². The smallest absolute Gasteiger partial charge is 0.211 e. The van der Waals surface area contributed by atoms with E-state index in [9.17, 15) is 0 Å². The van der Waals surface area contributed by atoms with E-state index in [4.69, 9.17) is 0 Å². The minimum atomic E-state index is 0.332. The quantitative estimate of drug-likeness (QED) is 0.857. The van der Waals surface area contributed by atoms with Crippen molar-refractivity contribution in [3.8, 4) is 0 Å². The molecule has 88 valence electrons. The third-order valence-electron chi connectivity index (χ3n) is 2.67. The molecule has 0 unspecified atom stereocenters. The van der Waals surface area contributed by atoms with Crippen LogP contribution in [0.25, 0.3) is 0 Å². The third kappa shape index (κ3) is 2.40. The van der Waals surface area contributed by atoms with Gasteiger partial charge in [0.1, 0.15) is 5.51 Å². The van der Waals surface area contributed by atoms with Crippen LogP contribution in [0.1, 0.15) is 24.6 Å². The van der Waals surface area contributed by atoms with Gasteiger partial charge >= 0.3 is 0 Å². The SMILES string of the molecule is c1nnc(Nc2cncc([C@H]3CCCN3)n2)s1. The Kier molecular flexibility index (Phi) is 2.93. The second kappa shape index (κ2) is 4.72. The van der Waals surface area contributed by atoms with Gasteiger partial charge in [-0.1, -0.05) is 11.3 Å². The topological polar surface area (TPSA) is 75.6 Å². The van der Waals surface area contributed by atoms with Gasteiger partial charge in [-0.05, 0) is 19.4 Å². The summed E-state index contributed by atoms with van der Waals surface area (Å²) >= 11 is 1.44. The molecular formula is C10H12N6S. The summed E-state index contributed by atoms with van der Waals surface area (Å²) in [6.07, 6.45) is 5.82. The van der Waals surface area contributed by atoms with Crippen LogP contribution < -0.4 is 10.6 Å². The van der Waals surface area contributed by atoms with Gasteiger partial charge in [0.2, 0.25) is 5.13 Å². The second-order valence-corrected chi connectivity index (χ2v) is 4.68. The number of aromatic nitrogens is 4. The monoisotopic (exact) mass is 248 g/mol. The molecule has 0 aromatic carbocycles. The minimum Gasteiger partial charge on any atom is -0.313 e. The van der Waals surface area contributed by atoms with Crippen LogP contribution in [-0.2, 0) is 0 Å². The Bertz CT molecular complexity index is 479. The molecule has 3 rings (SSSR count). The minimum absolute atomic E-state index is 0.332. The van der Waals surface area contributed by atoms with Crippen LogP contribution in [0.4, 0.5) is 10.9 Å². The van der Waals surface area contributed by atoms with Crippen molar-refractivity contribution >= 4 is 22.3 Å². The van der Waals surface area contributed by atoms with E-state index in [1.54, 1.807) is 11.7 Å². The zero-order valence-electron chi connectivity index (χ0n) is 9.13. The highest BCUT2D eigenvalue weighted by Gasteiger charge is 2.18. The molecule has 1 aliphatic rings. The van der Waals surface area contributed by atoms with Crippen LogP contribution >= 0.6 is 11.3 Å². The van der Waals surface area contributed by atoms with Gasteiger partial charge in [0.15, 0.2) is 5.82 Å². The predicted octanol–water partition coefficient (Wildman–Crippen LogP) is 1.50. The highest BCUT2D eigenvalue weighted by molar-refractivity contribution is 7.13. The maximum absolute atomic E-state index is 4.53. The van der Waals surface area contributed by atoms with Crippen LogP contribution in [-0.4, -0.2) is 26.7 Å². The van der Waals surface area contributed by atoms with Crippen LogP contribution in [0.3, 0.4) is 0 Å². The van der Waals surface area contributed by atoms with Crippen LogP contribution in [0.2, 0.25) is 0 Å². The van der Waals surface area contributed by atoms with Gasteiger partial charge in [0, 0.05) is 0 Å². The highest BCUT2D eigenvalue weighted by atomic mass is 32.1. The van der Waals surface area contributed by atoms with Crippen LogP contribution in [0, 0.1) is 0 Å². The standard InChI is InChI=1S/C10H12N6S/c1-2-7(12-3-1)8-4-11-5-9(14-8)15-10-16-13-6-17-10/h4-7,12H,1-3H2,(H,14,15,16)/t7-/m1/s1. The Morgan fingerprint density at radius 3 is 3.18 bits per heavy atom. The first-order valence-electron chi connectivity index (χ1n) is 5.50. The lowest BCUT2D eigenvalue weighted by Crippen LogP contribution is -2.15. The van der Waals surface area contributed by atoms with Gasteiger partial charge in [-0.15, -0.1) is 10.2 Å². The van der Waals surface area contributed by atoms with E-state index in [0.717, 1.165) is 23.8 Å². The van der Waals surface area contributed by atoms with E-state index in [1.165, 1.54) is 17.8 Å². The van der Waals surface area contributed by atoms with Gasteiger partial charge < -0.3 is 10.6 Å². The molecular weight excluding hydrogens is 236 g/mol. The maximum atomic E-state index is 4.53. The molecule has 0 radical (unpaired) electrons. The summed E-state index contributed by atoms with van der Waals surface area (Å²) in [5.41, 5.74) is 2.66. The zero-order chi connectivity index (χ0) is 11.5. The number of rotatable bonds is 3. The van der Waals surface area contributed by atoms with Gasteiger partial charge in [-0.25, -0.2) is 4.98 Å². The van der Waals surface area contributed by atoms with Crippen molar-refractivity contribution in [2.45, 2.75) is 18.9 Å². The molecule has 0 spiro atoms. The van der Waals surface area contributed by atoms with Gasteiger partial charge in [0.25, 0.3) is 0 Å². The third-order valence-corrected chi connectivity index (χ3v) is 3.27. The maximum Gasteiger partial charge on any atom is 0.211 e. The molecule has 0 saturated carbocycles. The van der Waals surface area contributed by atoms with E-state index in [0.29, 0.717) is 11.9 Å². The number of hydrogen-bond acceptors (Lipinski definition) is 7. The summed E-state index contributed by atoms with van der Waals surface area (Å²) in [7, 11) is 0. The van der Waals surface area contributed by atoms with Crippen molar-refractivity contribution in [1.82, 2.24) is 25.5 Å². The molecule has 2 aromatic heterocycles. The highest BCUT2D eigenvalue weighted by Crippen LogP contribution is 2.22. The molecule has 0 amide bonds. The average molecular weight is 248 g/mol. The molecule has 1 fully saturated rings. The summed E-state index contributed by atoms with van der Waals surface area (Å²) in [6, 6.07) is 0.332. The molecule has 0 aliphatic carbocycles. The number of anilines is 2. The molecule has 7 heteroatoms. The first-order valence-corrected chi connectivity index (χ1v) is 6.38. The Balaban J connectivity index is 1.78. The summed E-state index contributed by atoms with van der Waals surface area (Å²) in [5.74, 6) is 0.716. The Morgan fingerprint density at radius 1 is 1.41 bits per heavy atom. The largest absolute Gasteiger partial charge is 0.313 e. The summed E-state index contributed by atoms with van der Waals surface area (Å²) in [5, 5.41) is 14.9. The number of hydrogen-bond donors (Lipinski definition) is 2. The van der Waals surface area contributed by atoms with Crippen molar-refractivity contribution < 1.29 is 0 Å². The van der Waals surface area contributed by atoms with Crippen molar-refractivity contribution in [3.05, 3.63) is 23.6 Å². The summed E-state index contributed by atoms with van der Waals surface area (Å²) < 4.78 is 0. The van der Waals surface area contributed by atoms with E-state index in [1.807, 2.05) is 6.20 Å². The lowest BCUT2D eigenvalue weighted by molar-refractivity contribution is 0.625. The molecule has 1 saturated heterocycles. The normalized spacial score (nSPS) is 19.4. The fourth-order valence-corrected chi connectivity index (χ4v) is 2.34. The molecule has 3 heterocycles. The lowest BCUT2D eigenvalue weighted by atomic mass is 10.2. The molecule has 1 atom stereocenters. The van der Waals surface area contributed by atoms with Gasteiger partial charge in [-0.2, -0.15) is 0 Å². The fourth-order valence-electron chi connectivity index (χ4n) is 1.88. The van der Waals surface area contributed by atoms with Crippen LogP contribution in [0.15, 0.2) is 17.9 Å². The first-order chi connectivity index (χ1) is 8.42. The number of nitrogens with one attached hydrogen (secondary N) is 2. The van der Waals surface area contributed by atoms with E-state index in [2.05, 4.69) is 30.8 Å². The average Bonchev–Trinajstić information content (AvgIpc) is 3.01. The number of nitrogens with zero attached hydrogens (tertiary/aromatic N) is 4. The second-order valence-electron chi connectivity index (χ2n) is 3.85. The molecule has 2 N–H and O–H groups in total. The summed E-state index contributed by atoms with van der Waals surface area (Å²) in [6.45, 7) is 1.06. The van der Waals surface area contributed by atoms with E-state index in [-0.39, 0.29) is 0 Å². The van der Waals surface area contributed by atoms with Gasteiger partial charge in [-0.3, -0.25) is 4.98 Å². The van der Waals surface area contributed by atoms with Gasteiger partial charge in [0.05, 0.1) is 24.1 Å². The molecule has 17 heavy (non-hydrogen) atoms. The lowest BCUT2D eigenvalue weighted by Gasteiger charge is -2.10. The Hall–Kier alpha value is -1.60. The van der Waals surface area contributed by atoms with E-state index < -0.39 is 0 Å². The van der Waals surface area contributed by atoms with E-state index >= 15 is 0 Å². The first kappa shape index (κ1) is 10.5. The molecule has 0 bridgehead atoms. The Labute approximate surface area is 103 Å². The van der Waals surface area contributed by atoms with Crippen molar-refractivity contribution in [2.75, 3.05) is 11.9 Å². The van der Waals surface area contributed by atoms with Crippen LogP contribution in [0.5, 0.6) is 0 Å². The predicted molar refractivity (Wildman–Crippen MR) is 65.2 cm³/mol. The Morgan fingerprint density at radius 2 is 2.41 bits per heavy atom. The molecule has 2 aromatic rings. The zero-order valence-corrected chi connectivity index (χ0v) is 9.94. The van der Waals surface area contributed by atoms with Crippen molar-refractivity contribution in [3.63, 3.8) is 0 Å². The fraction of sp³-hybridized carbons (Fsp3) is 0.400. The molecule has 1 aliphatic heterocycles. The summed E-state index contributed by atoms with van der Waals surface area (Å²) in [4.78, 5) is 8.73.